The van der Waals surface area contributed by atoms with Crippen LogP contribution in [0.1, 0.15) is 19.2 Å². The molecule has 0 bridgehead atoms. The Bertz CT molecular complexity index is 1670. The molecule has 3 aromatic heterocycles. The Morgan fingerprint density at radius 2 is 1.62 bits per heavy atom. The molecule has 0 N–H and O–H groups in total. The number of pyridine rings is 1. The maximum absolute atomic E-state index is 7.19. The fraction of sp³-hybridized carbons (Fsp3) is 0.167. The fourth-order valence-electron chi connectivity index (χ4n) is 3.54. The van der Waals surface area contributed by atoms with Crippen molar-refractivity contribution < 1.29 is 9.05 Å². The van der Waals surface area contributed by atoms with Gasteiger partial charge in [-0.25, -0.2) is 9.69 Å². The molecule has 0 atom stereocenters. The predicted octanol–water partition coefficient (Wildman–Crippen LogP) is 7.21. The van der Waals surface area contributed by atoms with Gasteiger partial charge in [0.1, 0.15) is 5.69 Å². The van der Waals surface area contributed by atoms with Crippen LogP contribution in [0.4, 0.5) is 17.1 Å². The first kappa shape index (κ1) is 27.4. The summed E-state index contributed by atoms with van der Waals surface area (Å²) in [6.07, 6.45) is 7.33. The summed E-state index contributed by atoms with van der Waals surface area (Å²) in [6, 6.07) is 18.1. The summed E-state index contributed by atoms with van der Waals surface area (Å²) in [5.41, 5.74) is 4.23. The summed E-state index contributed by atoms with van der Waals surface area (Å²) in [7, 11) is 3.87. The molecule has 2 aromatic carbocycles. The number of benzene rings is 2. The minimum Gasteiger partial charge on any atom is -0.379 e. The van der Waals surface area contributed by atoms with Crippen LogP contribution in [0, 0.1) is 13.1 Å². The van der Waals surface area contributed by atoms with Crippen molar-refractivity contribution in [3.8, 4) is 34.4 Å². The maximum Gasteiger partial charge on any atom is 0.276 e. The van der Waals surface area contributed by atoms with Gasteiger partial charge in [-0.3, -0.25) is 4.98 Å². The van der Waals surface area contributed by atoms with Crippen molar-refractivity contribution in [3.63, 3.8) is 0 Å². The van der Waals surface area contributed by atoms with E-state index in [4.69, 9.17) is 22.2 Å². The molecule has 5 rings (SSSR count). The SMILES string of the molecule is [C-]#[N+]c1cc(-c2noc(CC/C=C\C)n2)cc(N(C)C)c1.[C-]#[N+]c1cccc(-c2noc(-c3ccccn3)n2)c1. The number of allylic oxidation sites excluding steroid dienone is 2. The van der Waals surface area contributed by atoms with Crippen LogP contribution in [-0.4, -0.2) is 39.4 Å². The highest BCUT2D eigenvalue weighted by Gasteiger charge is 2.12. The molecular weight excluding hydrogens is 504 g/mol. The molecule has 0 saturated heterocycles. The van der Waals surface area contributed by atoms with Gasteiger partial charge < -0.3 is 13.9 Å². The number of aryl methyl sites for hydroxylation is 1. The monoisotopic (exact) mass is 530 g/mol. The van der Waals surface area contributed by atoms with E-state index < -0.39 is 0 Å². The molecule has 10 heteroatoms. The van der Waals surface area contributed by atoms with Crippen molar-refractivity contribution in [2.75, 3.05) is 19.0 Å². The van der Waals surface area contributed by atoms with E-state index in [0.717, 1.165) is 29.7 Å². The lowest BCUT2D eigenvalue weighted by Crippen LogP contribution is -2.08. The standard InChI is InChI=1S/C16H18N4O.C14H8N4O/c1-5-6-7-8-15-18-16(19-21-15)12-9-13(17-2)11-14(10-12)20(3)4;1-15-11-6-4-5-10(9-11)13-17-14(19-18-13)12-7-2-3-8-16-12/h5-6,9-11H,7-8H2,1,3-4H3;2-9H/b6-5-;. The highest BCUT2D eigenvalue weighted by atomic mass is 16.5. The zero-order valence-electron chi connectivity index (χ0n) is 22.3. The Labute approximate surface area is 232 Å². The molecular formula is C30H26N8O2. The smallest absolute Gasteiger partial charge is 0.276 e. The van der Waals surface area contributed by atoms with Crippen molar-refractivity contribution in [3.05, 3.63) is 108 Å². The first-order valence-corrected chi connectivity index (χ1v) is 12.4. The van der Waals surface area contributed by atoms with Crippen molar-refractivity contribution in [2.24, 2.45) is 0 Å². The topological polar surface area (TPSA) is 103 Å². The number of nitrogens with zero attached hydrogens (tertiary/aromatic N) is 8. The normalized spacial score (nSPS) is 10.4. The second kappa shape index (κ2) is 13.3. The van der Waals surface area contributed by atoms with Crippen LogP contribution in [0.5, 0.6) is 0 Å². The average molecular weight is 531 g/mol. The van der Waals surface area contributed by atoms with E-state index in [1.54, 1.807) is 36.5 Å². The minimum atomic E-state index is 0.365. The third-order valence-electron chi connectivity index (χ3n) is 5.58. The second-order valence-electron chi connectivity index (χ2n) is 8.66. The quantitative estimate of drug-likeness (QED) is 0.161. The van der Waals surface area contributed by atoms with Crippen LogP contribution in [0.2, 0.25) is 0 Å². The summed E-state index contributed by atoms with van der Waals surface area (Å²) < 4.78 is 10.4. The molecule has 0 saturated carbocycles. The lowest BCUT2D eigenvalue weighted by atomic mass is 10.1. The van der Waals surface area contributed by atoms with Crippen LogP contribution in [0.15, 0.2) is 88.1 Å². The van der Waals surface area contributed by atoms with E-state index >= 15 is 0 Å². The summed E-state index contributed by atoms with van der Waals surface area (Å²) in [5, 5.41) is 7.92. The Balaban J connectivity index is 0.000000186. The fourth-order valence-corrected chi connectivity index (χ4v) is 3.54. The van der Waals surface area contributed by atoms with Crippen molar-refractivity contribution in [2.45, 2.75) is 19.8 Å². The molecule has 0 unspecified atom stereocenters. The predicted molar refractivity (Wildman–Crippen MR) is 153 cm³/mol. The number of rotatable bonds is 7. The van der Waals surface area contributed by atoms with Gasteiger partial charge in [0.2, 0.25) is 17.5 Å². The van der Waals surface area contributed by atoms with E-state index in [-0.39, 0.29) is 0 Å². The van der Waals surface area contributed by atoms with Crippen LogP contribution < -0.4 is 4.90 Å². The van der Waals surface area contributed by atoms with Crippen LogP contribution in [-0.2, 0) is 6.42 Å². The van der Waals surface area contributed by atoms with E-state index in [1.807, 2.05) is 62.3 Å². The van der Waals surface area contributed by atoms with Crippen molar-refractivity contribution >= 4 is 17.1 Å². The molecule has 0 aliphatic rings. The number of aromatic nitrogens is 5. The minimum absolute atomic E-state index is 0.365. The molecule has 0 aliphatic carbocycles. The van der Waals surface area contributed by atoms with Gasteiger partial charge in [0.25, 0.3) is 5.89 Å². The van der Waals surface area contributed by atoms with Gasteiger partial charge in [0, 0.05) is 43.5 Å². The van der Waals surface area contributed by atoms with Crippen molar-refractivity contribution in [1.82, 2.24) is 25.3 Å². The Kier molecular flexibility index (Phi) is 9.09. The number of hydrogen-bond donors (Lipinski definition) is 0. The zero-order valence-corrected chi connectivity index (χ0v) is 22.3. The second-order valence-corrected chi connectivity index (χ2v) is 8.66. The van der Waals surface area contributed by atoms with Gasteiger partial charge in [-0.2, -0.15) is 9.97 Å². The van der Waals surface area contributed by atoms with E-state index in [0.29, 0.717) is 40.5 Å². The molecule has 0 fully saturated rings. The Morgan fingerprint density at radius 1 is 0.850 bits per heavy atom. The number of anilines is 1. The average Bonchev–Trinajstić information content (AvgIpc) is 3.69. The van der Waals surface area contributed by atoms with Crippen LogP contribution in [0.25, 0.3) is 44.1 Å². The lowest BCUT2D eigenvalue weighted by molar-refractivity contribution is 0.379. The molecule has 3 heterocycles. The van der Waals surface area contributed by atoms with Gasteiger partial charge in [-0.05, 0) is 49.7 Å². The first-order valence-electron chi connectivity index (χ1n) is 12.4. The molecule has 5 aromatic rings. The largest absolute Gasteiger partial charge is 0.379 e. The summed E-state index contributed by atoms with van der Waals surface area (Å²) in [5.74, 6) is 1.96. The lowest BCUT2D eigenvalue weighted by Gasteiger charge is -2.13. The number of hydrogen-bond acceptors (Lipinski definition) is 8. The van der Waals surface area contributed by atoms with Crippen LogP contribution in [0.3, 0.4) is 0 Å². The van der Waals surface area contributed by atoms with E-state index in [1.165, 1.54) is 0 Å². The third kappa shape index (κ3) is 7.03. The molecule has 0 radical (unpaired) electrons. The van der Waals surface area contributed by atoms with Gasteiger partial charge in [0.15, 0.2) is 11.4 Å². The molecule has 10 nitrogen and oxygen atoms in total. The van der Waals surface area contributed by atoms with Gasteiger partial charge >= 0.3 is 0 Å². The van der Waals surface area contributed by atoms with Crippen LogP contribution >= 0.6 is 0 Å². The molecule has 198 valence electrons. The molecule has 0 amide bonds. The van der Waals surface area contributed by atoms with E-state index in [2.05, 4.69) is 41.0 Å². The molecule has 0 aliphatic heterocycles. The highest BCUT2D eigenvalue weighted by Crippen LogP contribution is 2.29. The van der Waals surface area contributed by atoms with Crippen molar-refractivity contribution in [1.29, 1.82) is 0 Å². The first-order chi connectivity index (χ1) is 19.5. The molecule has 40 heavy (non-hydrogen) atoms. The van der Waals surface area contributed by atoms with Gasteiger partial charge in [0.05, 0.1) is 13.1 Å². The zero-order chi connectivity index (χ0) is 28.3. The van der Waals surface area contributed by atoms with Gasteiger partial charge in [-0.15, -0.1) is 0 Å². The van der Waals surface area contributed by atoms with E-state index in [9.17, 15) is 0 Å². The third-order valence-corrected chi connectivity index (χ3v) is 5.58. The Morgan fingerprint density at radius 3 is 2.35 bits per heavy atom. The summed E-state index contributed by atoms with van der Waals surface area (Å²) in [4.78, 5) is 21.6. The summed E-state index contributed by atoms with van der Waals surface area (Å²) >= 11 is 0. The summed E-state index contributed by atoms with van der Waals surface area (Å²) in [6.45, 7) is 16.2. The highest BCUT2D eigenvalue weighted by molar-refractivity contribution is 5.71. The van der Waals surface area contributed by atoms with Gasteiger partial charge in [-0.1, -0.05) is 46.7 Å². The maximum atomic E-state index is 7.19. The molecule has 0 spiro atoms. The Hall–Kier alpha value is -5.61.